The van der Waals surface area contributed by atoms with Gasteiger partial charge in [-0.1, -0.05) is 62.3 Å². The molecular weight excluding hydrogens is 370 g/mol. The maximum absolute atomic E-state index is 12.5. The fourth-order valence-corrected chi connectivity index (χ4v) is 4.02. The summed E-state index contributed by atoms with van der Waals surface area (Å²) in [6, 6.07) is 9.00. The number of hydrogen-bond donors (Lipinski definition) is 1. The quantitative estimate of drug-likeness (QED) is 0.816. The summed E-state index contributed by atoms with van der Waals surface area (Å²) in [4.78, 5) is 29.6. The molecule has 0 bridgehead atoms. The highest BCUT2D eigenvalue weighted by molar-refractivity contribution is 7.99. The van der Waals surface area contributed by atoms with Crippen molar-refractivity contribution in [3.8, 4) is 0 Å². The van der Waals surface area contributed by atoms with Crippen molar-refractivity contribution in [2.75, 3.05) is 5.75 Å². The first-order chi connectivity index (χ1) is 12.3. The zero-order valence-corrected chi connectivity index (χ0v) is 16.7. The lowest BCUT2D eigenvalue weighted by atomic mass is 9.92. The first-order valence-corrected chi connectivity index (χ1v) is 9.88. The van der Waals surface area contributed by atoms with Crippen molar-refractivity contribution in [1.82, 2.24) is 14.9 Å². The van der Waals surface area contributed by atoms with Gasteiger partial charge in [-0.15, -0.1) is 0 Å². The Morgan fingerprint density at radius 3 is 2.81 bits per heavy atom. The van der Waals surface area contributed by atoms with Crippen LogP contribution < -0.4 is 10.9 Å². The van der Waals surface area contributed by atoms with E-state index in [9.17, 15) is 9.59 Å². The van der Waals surface area contributed by atoms with Crippen molar-refractivity contribution in [3.63, 3.8) is 0 Å². The van der Waals surface area contributed by atoms with Crippen LogP contribution in [0.2, 0.25) is 5.02 Å². The van der Waals surface area contributed by atoms with Gasteiger partial charge in [-0.25, -0.2) is 4.98 Å². The Hall–Kier alpha value is -1.79. The molecule has 0 saturated heterocycles. The van der Waals surface area contributed by atoms with Gasteiger partial charge in [0.25, 0.3) is 5.56 Å². The minimum atomic E-state index is -0.269. The Balaban J connectivity index is 1.71. The van der Waals surface area contributed by atoms with E-state index >= 15 is 0 Å². The Morgan fingerprint density at radius 1 is 1.38 bits per heavy atom. The molecule has 1 aromatic carbocycles. The molecule has 0 aliphatic carbocycles. The predicted octanol–water partition coefficient (Wildman–Crippen LogP) is 3.23. The van der Waals surface area contributed by atoms with Crippen LogP contribution in [0.5, 0.6) is 0 Å². The first kappa shape index (κ1) is 19.0. The van der Waals surface area contributed by atoms with Crippen LogP contribution in [0.25, 0.3) is 0 Å². The fourth-order valence-electron chi connectivity index (χ4n) is 2.72. The molecule has 1 aliphatic rings. The zero-order valence-electron chi connectivity index (χ0n) is 15.1. The Kier molecular flexibility index (Phi) is 5.44. The first-order valence-electron chi connectivity index (χ1n) is 8.52. The summed E-state index contributed by atoms with van der Waals surface area (Å²) in [5, 5.41) is 4.25. The zero-order chi connectivity index (χ0) is 18.9. The van der Waals surface area contributed by atoms with Crippen molar-refractivity contribution in [2.45, 2.75) is 44.4 Å². The molecule has 2 aromatic rings. The summed E-state index contributed by atoms with van der Waals surface area (Å²) in [5.41, 5.74) is 1.37. The lowest BCUT2D eigenvalue weighted by Gasteiger charge is -2.26. The molecule has 1 unspecified atom stereocenters. The van der Waals surface area contributed by atoms with Gasteiger partial charge in [-0.05, 0) is 11.6 Å². The second-order valence-corrected chi connectivity index (χ2v) is 8.83. The largest absolute Gasteiger partial charge is 0.352 e. The highest BCUT2D eigenvalue weighted by Gasteiger charge is 2.28. The summed E-state index contributed by atoms with van der Waals surface area (Å²) in [6.07, 6.45) is 0. The van der Waals surface area contributed by atoms with Crippen molar-refractivity contribution >= 4 is 29.3 Å². The Bertz CT molecular complexity index is 889. The van der Waals surface area contributed by atoms with Gasteiger partial charge in [0.2, 0.25) is 5.91 Å². The van der Waals surface area contributed by atoms with Crippen molar-refractivity contribution in [3.05, 3.63) is 57.0 Å². The van der Waals surface area contributed by atoms with Crippen LogP contribution in [0.1, 0.15) is 32.0 Å². The molecule has 1 N–H and O–H groups in total. The SMILES string of the molecule is CC(C)(C)c1cc(=O)n2c(n1)SCC(C(=O)NCc1ccccc1Cl)C2. The highest BCUT2D eigenvalue weighted by atomic mass is 35.5. The molecule has 0 saturated carbocycles. The smallest absolute Gasteiger partial charge is 0.254 e. The topological polar surface area (TPSA) is 64.0 Å². The average Bonchev–Trinajstić information content (AvgIpc) is 2.59. The van der Waals surface area contributed by atoms with Crippen molar-refractivity contribution < 1.29 is 4.79 Å². The lowest BCUT2D eigenvalue weighted by molar-refractivity contribution is -0.125. The van der Waals surface area contributed by atoms with E-state index in [1.54, 1.807) is 16.7 Å². The van der Waals surface area contributed by atoms with Gasteiger partial charge in [0.05, 0.1) is 11.6 Å². The summed E-state index contributed by atoms with van der Waals surface area (Å²) >= 11 is 7.58. The average molecular weight is 392 g/mol. The van der Waals surface area contributed by atoms with Gasteiger partial charge in [0.1, 0.15) is 0 Å². The van der Waals surface area contributed by atoms with Crippen LogP contribution in [-0.4, -0.2) is 21.2 Å². The molecule has 0 fully saturated rings. The molecule has 1 aromatic heterocycles. The predicted molar refractivity (Wildman–Crippen MR) is 105 cm³/mol. The van der Waals surface area contributed by atoms with Gasteiger partial charge in [-0.2, -0.15) is 0 Å². The fraction of sp³-hybridized carbons (Fsp3) is 0.421. The monoisotopic (exact) mass is 391 g/mol. The summed E-state index contributed by atoms with van der Waals surface area (Å²) in [5.74, 6) is 0.263. The van der Waals surface area contributed by atoms with Crippen LogP contribution in [0.4, 0.5) is 0 Å². The maximum Gasteiger partial charge on any atom is 0.254 e. The number of nitrogens with zero attached hydrogens (tertiary/aromatic N) is 2. The third-order valence-electron chi connectivity index (χ3n) is 4.34. The Morgan fingerprint density at radius 2 is 2.12 bits per heavy atom. The van der Waals surface area contributed by atoms with E-state index in [2.05, 4.69) is 10.3 Å². The van der Waals surface area contributed by atoms with Gasteiger partial charge in [-0.3, -0.25) is 14.2 Å². The number of thioether (sulfide) groups is 1. The highest BCUT2D eigenvalue weighted by Crippen LogP contribution is 2.28. The number of carbonyl (C=O) groups excluding carboxylic acids is 1. The minimum Gasteiger partial charge on any atom is -0.352 e. The second-order valence-electron chi connectivity index (χ2n) is 7.44. The number of amides is 1. The lowest BCUT2D eigenvalue weighted by Crippen LogP contribution is -2.40. The van der Waals surface area contributed by atoms with E-state index in [0.717, 1.165) is 11.3 Å². The molecule has 1 atom stereocenters. The molecule has 3 rings (SSSR count). The summed E-state index contributed by atoms with van der Waals surface area (Å²) < 4.78 is 1.60. The van der Waals surface area contributed by atoms with Crippen LogP contribution in [0, 0.1) is 5.92 Å². The molecule has 0 spiro atoms. The van der Waals surface area contributed by atoms with Crippen LogP contribution in [0.3, 0.4) is 0 Å². The van der Waals surface area contributed by atoms with Crippen LogP contribution >= 0.6 is 23.4 Å². The van der Waals surface area contributed by atoms with Crippen LogP contribution in [-0.2, 0) is 23.3 Å². The number of halogens is 1. The Labute approximate surface area is 162 Å². The number of benzene rings is 1. The van der Waals surface area contributed by atoms with Gasteiger partial charge < -0.3 is 5.32 Å². The molecule has 7 heteroatoms. The van der Waals surface area contributed by atoms with E-state index in [4.69, 9.17) is 11.6 Å². The van der Waals surface area contributed by atoms with E-state index < -0.39 is 0 Å². The summed E-state index contributed by atoms with van der Waals surface area (Å²) in [6.45, 7) is 6.83. The van der Waals surface area contributed by atoms with E-state index in [-0.39, 0.29) is 22.8 Å². The number of fused-ring (bicyclic) bond motifs is 1. The normalized spacial score (nSPS) is 16.8. The number of nitrogens with one attached hydrogen (secondary N) is 1. The number of rotatable bonds is 3. The molecule has 2 heterocycles. The van der Waals surface area contributed by atoms with Crippen molar-refractivity contribution in [1.29, 1.82) is 0 Å². The molecule has 1 amide bonds. The van der Waals surface area contributed by atoms with Gasteiger partial charge >= 0.3 is 0 Å². The number of hydrogen-bond acceptors (Lipinski definition) is 4. The maximum atomic E-state index is 12.5. The minimum absolute atomic E-state index is 0.0742. The van der Waals surface area contributed by atoms with E-state index in [1.165, 1.54) is 11.8 Å². The second kappa shape index (κ2) is 7.45. The number of aromatic nitrogens is 2. The van der Waals surface area contributed by atoms with E-state index in [1.807, 2.05) is 39.0 Å². The molecule has 138 valence electrons. The van der Waals surface area contributed by atoms with Crippen LogP contribution in [0.15, 0.2) is 40.3 Å². The van der Waals surface area contributed by atoms with E-state index in [0.29, 0.717) is 29.0 Å². The molecule has 26 heavy (non-hydrogen) atoms. The van der Waals surface area contributed by atoms with Gasteiger partial charge in [0.15, 0.2) is 5.16 Å². The third kappa shape index (κ3) is 4.13. The summed E-state index contributed by atoms with van der Waals surface area (Å²) in [7, 11) is 0. The molecule has 1 aliphatic heterocycles. The molecule has 0 radical (unpaired) electrons. The van der Waals surface area contributed by atoms with Gasteiger partial charge in [0, 0.05) is 35.3 Å². The van der Waals surface area contributed by atoms with Crippen molar-refractivity contribution in [2.24, 2.45) is 5.92 Å². The molecule has 5 nitrogen and oxygen atoms in total. The molecular formula is C19H22ClN3O2S. The third-order valence-corrected chi connectivity index (χ3v) is 5.85. The standard InChI is InChI=1S/C19H22ClN3O2S/c1-19(2,3)15-8-16(24)23-10-13(11-26-18(23)22-15)17(25)21-9-12-6-4-5-7-14(12)20/h4-8,13H,9-11H2,1-3H3,(H,21,25). The number of carbonyl (C=O) groups is 1.